The number of hydrogen-bond acceptors (Lipinski definition) is 2. The number of hydrogen-bond donors (Lipinski definition) is 1. The number of ether oxygens (including phenoxy) is 1. The highest BCUT2D eigenvalue weighted by Gasteiger charge is 2.39. The Morgan fingerprint density at radius 2 is 1.87 bits per heavy atom. The molecule has 4 rings (SSSR count). The van der Waals surface area contributed by atoms with E-state index < -0.39 is 0 Å². The fourth-order valence-electron chi connectivity index (χ4n) is 3.83. The fourth-order valence-corrected chi connectivity index (χ4v) is 4.26. The topological polar surface area (TPSA) is 21.3 Å². The quantitative estimate of drug-likeness (QED) is 0.691. The summed E-state index contributed by atoms with van der Waals surface area (Å²) in [5.41, 5.74) is 3.40. The molecule has 4 heteroatoms. The van der Waals surface area contributed by atoms with Gasteiger partial charge in [0, 0.05) is 5.92 Å². The summed E-state index contributed by atoms with van der Waals surface area (Å²) < 4.78 is 5.55. The van der Waals surface area contributed by atoms with Gasteiger partial charge in [-0.05, 0) is 35.6 Å². The third-order valence-electron chi connectivity index (χ3n) is 4.89. The predicted octanol–water partition coefficient (Wildman–Crippen LogP) is 5.83. The Bertz CT molecular complexity index is 787. The first-order chi connectivity index (χ1) is 11.2. The minimum atomic E-state index is 0.116. The van der Waals surface area contributed by atoms with E-state index >= 15 is 0 Å². The Hall–Kier alpha value is -1.64. The first-order valence-electron chi connectivity index (χ1n) is 7.74. The lowest BCUT2D eigenvalue weighted by atomic mass is 9.77. The molecule has 0 saturated carbocycles. The molecule has 0 aromatic heterocycles. The van der Waals surface area contributed by atoms with Gasteiger partial charge in [0.1, 0.15) is 5.75 Å². The molecule has 0 amide bonds. The molecule has 2 aromatic carbocycles. The number of allylic oxidation sites excluding steroid dienone is 2. The van der Waals surface area contributed by atoms with Crippen molar-refractivity contribution in [1.29, 1.82) is 0 Å². The van der Waals surface area contributed by atoms with E-state index in [0.29, 0.717) is 21.9 Å². The molecule has 0 saturated heterocycles. The summed E-state index contributed by atoms with van der Waals surface area (Å²) in [5, 5.41) is 4.90. The molecule has 2 aromatic rings. The summed E-state index contributed by atoms with van der Waals surface area (Å²) in [7, 11) is 1.70. The maximum absolute atomic E-state index is 6.49. The second kappa shape index (κ2) is 5.77. The summed E-state index contributed by atoms with van der Waals surface area (Å²) in [4.78, 5) is 0. The van der Waals surface area contributed by atoms with Gasteiger partial charge in [0.2, 0.25) is 0 Å². The minimum Gasteiger partial charge on any atom is -0.495 e. The summed E-state index contributed by atoms with van der Waals surface area (Å²) in [6.45, 7) is 0. The van der Waals surface area contributed by atoms with Crippen LogP contribution in [-0.2, 0) is 0 Å². The van der Waals surface area contributed by atoms with E-state index in [2.05, 4.69) is 35.7 Å². The van der Waals surface area contributed by atoms with Crippen LogP contribution in [0.5, 0.6) is 5.75 Å². The molecule has 3 atom stereocenters. The lowest BCUT2D eigenvalue weighted by molar-refractivity contribution is 0.397. The zero-order valence-corrected chi connectivity index (χ0v) is 14.2. The Kier molecular flexibility index (Phi) is 3.74. The normalized spacial score (nSPS) is 24.7. The smallest absolute Gasteiger partial charge is 0.142 e. The van der Waals surface area contributed by atoms with Crippen LogP contribution in [0.2, 0.25) is 10.0 Å². The highest BCUT2D eigenvalue weighted by atomic mass is 35.5. The van der Waals surface area contributed by atoms with Crippen LogP contribution in [0.15, 0.2) is 48.6 Å². The Morgan fingerprint density at radius 1 is 1.09 bits per heavy atom. The maximum Gasteiger partial charge on any atom is 0.142 e. The molecule has 2 aliphatic rings. The fraction of sp³-hybridized carbons (Fsp3) is 0.263. The van der Waals surface area contributed by atoms with Gasteiger partial charge in [0.05, 0.1) is 28.9 Å². The predicted molar refractivity (Wildman–Crippen MR) is 95.8 cm³/mol. The van der Waals surface area contributed by atoms with Crippen LogP contribution in [0.3, 0.4) is 0 Å². The summed E-state index contributed by atoms with van der Waals surface area (Å²) in [6.07, 6.45) is 5.59. The third kappa shape index (κ3) is 2.32. The molecule has 118 valence electrons. The van der Waals surface area contributed by atoms with Crippen molar-refractivity contribution in [2.75, 3.05) is 12.4 Å². The van der Waals surface area contributed by atoms with E-state index in [9.17, 15) is 0 Å². The third-order valence-corrected chi connectivity index (χ3v) is 5.73. The molecule has 1 N–H and O–H groups in total. The van der Waals surface area contributed by atoms with E-state index in [0.717, 1.165) is 23.4 Å². The van der Waals surface area contributed by atoms with Gasteiger partial charge >= 0.3 is 0 Å². The zero-order valence-electron chi connectivity index (χ0n) is 12.7. The summed E-state index contributed by atoms with van der Waals surface area (Å²) in [5.74, 6) is 1.68. The number of benzene rings is 2. The highest BCUT2D eigenvalue weighted by molar-refractivity contribution is 6.42. The van der Waals surface area contributed by atoms with Gasteiger partial charge in [0.25, 0.3) is 0 Å². The van der Waals surface area contributed by atoms with Crippen LogP contribution in [0, 0.1) is 5.92 Å². The van der Waals surface area contributed by atoms with Crippen molar-refractivity contribution < 1.29 is 4.74 Å². The Balaban J connectivity index is 1.85. The van der Waals surface area contributed by atoms with Gasteiger partial charge in [-0.3, -0.25) is 0 Å². The van der Waals surface area contributed by atoms with Crippen molar-refractivity contribution in [3.05, 3.63) is 69.7 Å². The van der Waals surface area contributed by atoms with Crippen molar-refractivity contribution in [2.45, 2.75) is 18.4 Å². The summed E-state index contributed by atoms with van der Waals surface area (Å²) in [6, 6.07) is 12.2. The van der Waals surface area contributed by atoms with E-state index in [1.807, 2.05) is 18.2 Å². The molecule has 0 radical (unpaired) electrons. The number of nitrogens with one attached hydrogen (secondary N) is 1. The molecule has 1 aliphatic carbocycles. The number of rotatable bonds is 2. The van der Waals surface area contributed by atoms with Crippen molar-refractivity contribution >= 4 is 28.9 Å². The minimum absolute atomic E-state index is 0.116. The highest BCUT2D eigenvalue weighted by Crippen LogP contribution is 2.53. The molecule has 23 heavy (non-hydrogen) atoms. The molecule has 0 fully saturated rings. The van der Waals surface area contributed by atoms with Crippen LogP contribution < -0.4 is 10.1 Å². The Morgan fingerprint density at radius 3 is 2.70 bits per heavy atom. The van der Waals surface area contributed by atoms with Gasteiger partial charge in [-0.15, -0.1) is 0 Å². The number of methoxy groups -OCH3 is 1. The summed E-state index contributed by atoms with van der Waals surface area (Å²) >= 11 is 12.7. The average Bonchev–Trinajstić information content (AvgIpc) is 3.06. The SMILES string of the molecule is COc1cccc2c1N[C@H](c1cccc(Cl)c1Cl)[C@H]1CC=C[C@H]21. The molecule has 0 bridgehead atoms. The van der Waals surface area contributed by atoms with Crippen molar-refractivity contribution in [3.8, 4) is 5.75 Å². The average molecular weight is 346 g/mol. The molecular formula is C19H17Cl2NO. The maximum atomic E-state index is 6.49. The van der Waals surface area contributed by atoms with Crippen LogP contribution in [0.1, 0.15) is 29.5 Å². The van der Waals surface area contributed by atoms with E-state index in [4.69, 9.17) is 27.9 Å². The van der Waals surface area contributed by atoms with Gasteiger partial charge in [-0.1, -0.05) is 59.6 Å². The van der Waals surface area contributed by atoms with Crippen molar-refractivity contribution in [1.82, 2.24) is 0 Å². The van der Waals surface area contributed by atoms with Crippen LogP contribution in [0.4, 0.5) is 5.69 Å². The lowest BCUT2D eigenvalue weighted by Crippen LogP contribution is -2.29. The van der Waals surface area contributed by atoms with E-state index in [1.54, 1.807) is 7.11 Å². The number of para-hydroxylation sites is 1. The second-order valence-electron chi connectivity index (χ2n) is 6.04. The van der Waals surface area contributed by atoms with Gasteiger partial charge in [-0.25, -0.2) is 0 Å². The van der Waals surface area contributed by atoms with Gasteiger partial charge in [0.15, 0.2) is 0 Å². The molecule has 0 unspecified atom stereocenters. The molecule has 2 nitrogen and oxygen atoms in total. The number of halogens is 2. The first kappa shape index (κ1) is 14.9. The lowest BCUT2D eigenvalue weighted by Gasteiger charge is -2.38. The van der Waals surface area contributed by atoms with E-state index in [-0.39, 0.29) is 6.04 Å². The van der Waals surface area contributed by atoms with E-state index in [1.165, 1.54) is 5.56 Å². The van der Waals surface area contributed by atoms with Crippen molar-refractivity contribution in [3.63, 3.8) is 0 Å². The van der Waals surface area contributed by atoms with Crippen LogP contribution in [-0.4, -0.2) is 7.11 Å². The standard InChI is InChI=1S/C19H17Cl2NO/c1-23-16-10-4-7-13-11-5-2-6-12(11)18(22-19(13)16)14-8-3-9-15(20)17(14)21/h2-5,7-12,18,22H,6H2,1H3/t11-,12-,18-/m0/s1. The van der Waals surface area contributed by atoms with Crippen molar-refractivity contribution in [2.24, 2.45) is 5.92 Å². The van der Waals surface area contributed by atoms with Gasteiger partial charge < -0.3 is 10.1 Å². The molecule has 0 spiro atoms. The van der Waals surface area contributed by atoms with Crippen LogP contribution >= 0.6 is 23.2 Å². The molecular weight excluding hydrogens is 329 g/mol. The zero-order chi connectivity index (χ0) is 16.0. The Labute approximate surface area is 146 Å². The largest absolute Gasteiger partial charge is 0.495 e. The molecule has 1 aliphatic heterocycles. The number of fused-ring (bicyclic) bond motifs is 3. The van der Waals surface area contributed by atoms with Crippen LogP contribution in [0.25, 0.3) is 0 Å². The first-order valence-corrected chi connectivity index (χ1v) is 8.50. The monoisotopic (exact) mass is 345 g/mol. The second-order valence-corrected chi connectivity index (χ2v) is 6.83. The number of anilines is 1. The van der Waals surface area contributed by atoms with Gasteiger partial charge in [-0.2, -0.15) is 0 Å². The molecule has 1 heterocycles.